The molecule has 1 saturated heterocycles. The molecule has 0 saturated carbocycles. The van der Waals surface area contributed by atoms with Crippen molar-refractivity contribution in [1.82, 2.24) is 14.9 Å². The van der Waals surface area contributed by atoms with Crippen molar-refractivity contribution in [3.63, 3.8) is 0 Å². The summed E-state index contributed by atoms with van der Waals surface area (Å²) in [7, 11) is 1.65. The van der Waals surface area contributed by atoms with Crippen molar-refractivity contribution in [1.29, 1.82) is 0 Å². The van der Waals surface area contributed by atoms with E-state index in [0.29, 0.717) is 19.6 Å². The van der Waals surface area contributed by atoms with Crippen LogP contribution < -0.4 is 0 Å². The van der Waals surface area contributed by atoms with E-state index in [4.69, 9.17) is 4.74 Å². The van der Waals surface area contributed by atoms with Crippen LogP contribution in [0.2, 0.25) is 0 Å². The zero-order valence-electron chi connectivity index (χ0n) is 11.3. The lowest BCUT2D eigenvalue weighted by Gasteiger charge is -2.15. The van der Waals surface area contributed by atoms with Gasteiger partial charge in [-0.1, -0.05) is 6.07 Å². The molecule has 1 aliphatic rings. The molecule has 6 heteroatoms. The molecule has 2 aromatic rings. The fourth-order valence-corrected chi connectivity index (χ4v) is 3.17. The van der Waals surface area contributed by atoms with Gasteiger partial charge in [-0.2, -0.15) is 0 Å². The van der Waals surface area contributed by atoms with Gasteiger partial charge in [0.05, 0.1) is 23.4 Å². The first-order valence-electron chi connectivity index (χ1n) is 6.63. The van der Waals surface area contributed by atoms with Crippen LogP contribution in [0.5, 0.6) is 0 Å². The molecule has 0 bridgehead atoms. The van der Waals surface area contributed by atoms with Crippen LogP contribution in [0.25, 0.3) is 10.6 Å². The predicted octanol–water partition coefficient (Wildman–Crippen LogP) is 2.10. The Balaban J connectivity index is 1.70. The molecule has 1 N–H and O–H groups in total. The van der Waals surface area contributed by atoms with Gasteiger partial charge in [-0.25, -0.2) is 4.98 Å². The van der Waals surface area contributed by atoms with Gasteiger partial charge in [-0.05, 0) is 11.4 Å². The summed E-state index contributed by atoms with van der Waals surface area (Å²) >= 11 is 1.68. The van der Waals surface area contributed by atoms with Gasteiger partial charge in [0.2, 0.25) is 5.91 Å². The molecule has 1 atom stereocenters. The van der Waals surface area contributed by atoms with Crippen molar-refractivity contribution >= 4 is 17.2 Å². The van der Waals surface area contributed by atoms with Crippen molar-refractivity contribution in [2.24, 2.45) is 0 Å². The molecule has 0 aliphatic carbocycles. The maximum Gasteiger partial charge on any atom is 0.223 e. The Labute approximate surface area is 121 Å². The summed E-state index contributed by atoms with van der Waals surface area (Å²) < 4.78 is 5.03. The van der Waals surface area contributed by atoms with Crippen LogP contribution in [0, 0.1) is 0 Å². The third kappa shape index (κ3) is 2.62. The minimum absolute atomic E-state index is 0.160. The predicted molar refractivity (Wildman–Crippen MR) is 77.7 cm³/mol. The molecule has 2 aromatic heterocycles. The van der Waals surface area contributed by atoms with Crippen LogP contribution in [0.4, 0.5) is 0 Å². The first-order chi connectivity index (χ1) is 9.78. The van der Waals surface area contributed by atoms with Crippen LogP contribution in [-0.2, 0) is 9.53 Å². The van der Waals surface area contributed by atoms with E-state index in [0.717, 1.165) is 18.1 Å². The smallest absolute Gasteiger partial charge is 0.223 e. The summed E-state index contributed by atoms with van der Waals surface area (Å²) in [6.45, 7) is 1.96. The van der Waals surface area contributed by atoms with Crippen molar-refractivity contribution in [2.75, 3.05) is 26.8 Å². The van der Waals surface area contributed by atoms with Crippen molar-refractivity contribution in [2.45, 2.75) is 12.3 Å². The fraction of sp³-hybridized carbons (Fsp3) is 0.429. The maximum absolute atomic E-state index is 11.9. The maximum atomic E-state index is 11.9. The number of H-pyrrole nitrogens is 1. The van der Waals surface area contributed by atoms with E-state index in [-0.39, 0.29) is 11.8 Å². The number of likely N-dealkylation sites (tertiary alicyclic amines) is 1. The van der Waals surface area contributed by atoms with E-state index in [2.05, 4.69) is 16.0 Å². The standard InChI is InChI=1S/C14H17N3O2S/c1-19-5-4-17-9-10(7-13(17)18)14-15-8-11(16-14)12-3-2-6-20-12/h2-3,6,8,10H,4-5,7,9H2,1H3,(H,15,16)/t10-/m1/s1. The SMILES string of the molecule is COCCN1C[C@H](c2ncc(-c3cccs3)[nH]2)CC1=O. The number of nitrogens with zero attached hydrogens (tertiary/aromatic N) is 2. The molecule has 106 valence electrons. The zero-order chi connectivity index (χ0) is 13.9. The number of methoxy groups -OCH3 is 1. The Morgan fingerprint density at radius 3 is 3.25 bits per heavy atom. The van der Waals surface area contributed by atoms with Gasteiger partial charge in [0, 0.05) is 32.5 Å². The van der Waals surface area contributed by atoms with Gasteiger partial charge >= 0.3 is 0 Å². The minimum Gasteiger partial charge on any atom is -0.383 e. The van der Waals surface area contributed by atoms with Crippen LogP contribution in [-0.4, -0.2) is 47.6 Å². The molecule has 0 spiro atoms. The topological polar surface area (TPSA) is 58.2 Å². The second kappa shape index (κ2) is 5.76. The molecular weight excluding hydrogens is 274 g/mol. The number of imidazole rings is 1. The summed E-state index contributed by atoms with van der Waals surface area (Å²) in [5, 5.41) is 2.04. The largest absolute Gasteiger partial charge is 0.383 e. The molecular formula is C14H17N3O2S. The Kier molecular flexibility index (Phi) is 3.84. The highest BCUT2D eigenvalue weighted by molar-refractivity contribution is 7.13. The van der Waals surface area contributed by atoms with E-state index in [1.54, 1.807) is 18.4 Å². The van der Waals surface area contributed by atoms with E-state index in [1.165, 1.54) is 4.88 Å². The molecule has 0 radical (unpaired) electrons. The molecule has 0 aromatic carbocycles. The lowest BCUT2D eigenvalue weighted by Crippen LogP contribution is -2.28. The summed E-state index contributed by atoms with van der Waals surface area (Å²) in [6.07, 6.45) is 2.38. The summed E-state index contributed by atoms with van der Waals surface area (Å²) in [5.41, 5.74) is 1.03. The number of carbonyl (C=O) groups is 1. The zero-order valence-corrected chi connectivity index (χ0v) is 12.2. The second-order valence-electron chi connectivity index (χ2n) is 4.89. The first-order valence-corrected chi connectivity index (χ1v) is 7.51. The van der Waals surface area contributed by atoms with E-state index < -0.39 is 0 Å². The van der Waals surface area contributed by atoms with Crippen LogP contribution in [0.1, 0.15) is 18.2 Å². The highest BCUT2D eigenvalue weighted by Gasteiger charge is 2.32. The number of amides is 1. The highest BCUT2D eigenvalue weighted by atomic mass is 32.1. The van der Waals surface area contributed by atoms with Crippen molar-refractivity contribution < 1.29 is 9.53 Å². The van der Waals surface area contributed by atoms with Crippen molar-refractivity contribution in [3.05, 3.63) is 29.5 Å². The van der Waals surface area contributed by atoms with E-state index in [9.17, 15) is 4.79 Å². The van der Waals surface area contributed by atoms with Crippen LogP contribution in [0.15, 0.2) is 23.7 Å². The number of ether oxygens (including phenoxy) is 1. The third-order valence-corrected chi connectivity index (χ3v) is 4.45. The van der Waals surface area contributed by atoms with Crippen LogP contribution in [0.3, 0.4) is 0 Å². The Hall–Kier alpha value is -1.66. The number of aromatic nitrogens is 2. The number of nitrogens with one attached hydrogen (secondary N) is 1. The molecule has 0 unspecified atom stereocenters. The summed E-state index contributed by atoms with van der Waals surface area (Å²) in [5.74, 6) is 1.25. The number of carbonyl (C=O) groups excluding carboxylic acids is 1. The average molecular weight is 291 g/mol. The monoisotopic (exact) mass is 291 g/mol. The quantitative estimate of drug-likeness (QED) is 0.918. The van der Waals surface area contributed by atoms with Crippen molar-refractivity contribution in [3.8, 4) is 10.6 Å². The molecule has 1 fully saturated rings. The number of rotatable bonds is 5. The molecule has 3 rings (SSSR count). The van der Waals surface area contributed by atoms with E-state index >= 15 is 0 Å². The molecule has 1 aliphatic heterocycles. The average Bonchev–Trinajstić information content (AvgIpc) is 3.16. The molecule has 5 nitrogen and oxygen atoms in total. The van der Waals surface area contributed by atoms with Gasteiger partial charge in [-0.3, -0.25) is 4.79 Å². The molecule has 1 amide bonds. The normalized spacial score (nSPS) is 18.9. The van der Waals surface area contributed by atoms with Gasteiger partial charge < -0.3 is 14.6 Å². The Morgan fingerprint density at radius 2 is 2.50 bits per heavy atom. The van der Waals surface area contributed by atoms with Gasteiger partial charge in [0.25, 0.3) is 0 Å². The number of hydrogen-bond donors (Lipinski definition) is 1. The van der Waals surface area contributed by atoms with Crippen LogP contribution >= 0.6 is 11.3 Å². The number of hydrogen-bond acceptors (Lipinski definition) is 4. The lowest BCUT2D eigenvalue weighted by atomic mass is 10.1. The molecule has 3 heterocycles. The summed E-state index contributed by atoms with van der Waals surface area (Å²) in [4.78, 5) is 22.7. The minimum atomic E-state index is 0.160. The van der Waals surface area contributed by atoms with Gasteiger partial charge in [0.1, 0.15) is 5.82 Å². The molecule has 20 heavy (non-hydrogen) atoms. The highest BCUT2D eigenvalue weighted by Crippen LogP contribution is 2.29. The number of aromatic amines is 1. The van der Waals surface area contributed by atoms with E-state index in [1.807, 2.05) is 22.5 Å². The first kappa shape index (κ1) is 13.3. The Bertz CT molecular complexity index is 579. The summed E-state index contributed by atoms with van der Waals surface area (Å²) in [6, 6.07) is 4.08. The third-order valence-electron chi connectivity index (χ3n) is 3.55. The van der Waals surface area contributed by atoms with Gasteiger partial charge in [0.15, 0.2) is 0 Å². The second-order valence-corrected chi connectivity index (χ2v) is 5.84. The number of thiophene rings is 1. The van der Waals surface area contributed by atoms with Gasteiger partial charge in [-0.15, -0.1) is 11.3 Å². The lowest BCUT2D eigenvalue weighted by molar-refractivity contribution is -0.128. The Morgan fingerprint density at radius 1 is 1.60 bits per heavy atom. The fourth-order valence-electron chi connectivity index (χ4n) is 2.47.